The minimum absolute atomic E-state index is 0.0872. The van der Waals surface area contributed by atoms with Crippen LogP contribution in [0.25, 0.3) is 0 Å². The van der Waals surface area contributed by atoms with Gasteiger partial charge in [-0.05, 0) is 44.0 Å². The lowest BCUT2D eigenvalue weighted by atomic mass is 10.1. The van der Waals surface area contributed by atoms with E-state index in [0.717, 1.165) is 29.8 Å². The fourth-order valence-electron chi connectivity index (χ4n) is 2.92. The Balaban J connectivity index is 2.09. The third kappa shape index (κ3) is 5.13. The Kier molecular flexibility index (Phi) is 6.86. The number of nitro groups is 1. The lowest BCUT2D eigenvalue weighted by Crippen LogP contribution is -2.33. The molecule has 0 spiro atoms. The summed E-state index contributed by atoms with van der Waals surface area (Å²) in [6.07, 6.45) is 0.894. The van der Waals surface area contributed by atoms with Crippen LogP contribution < -0.4 is 5.32 Å². The molecule has 0 aliphatic carbocycles. The molecule has 1 amide bonds. The number of nitrogens with zero attached hydrogens (tertiary/aromatic N) is 2. The Morgan fingerprint density at radius 3 is 2.54 bits per heavy atom. The van der Waals surface area contributed by atoms with E-state index in [9.17, 15) is 14.9 Å². The molecule has 0 bridgehead atoms. The van der Waals surface area contributed by atoms with Gasteiger partial charge in [0.05, 0.1) is 11.5 Å². The summed E-state index contributed by atoms with van der Waals surface area (Å²) in [7, 11) is 0. The molecule has 0 saturated carbocycles. The standard InChI is InChI=1S/C20H25N3O3/c1-4-12-22(13-17-9-7-11-19(16(17)3)23(25)26)14-20(24)21-18-10-6-5-8-15(18)2/h5-11H,4,12-14H2,1-3H3,(H,21,24). The molecule has 0 aliphatic rings. The van der Waals surface area contributed by atoms with Crippen LogP contribution in [-0.4, -0.2) is 28.8 Å². The van der Waals surface area contributed by atoms with Gasteiger partial charge in [0.1, 0.15) is 0 Å². The number of nitrogens with one attached hydrogen (secondary N) is 1. The maximum absolute atomic E-state index is 12.4. The van der Waals surface area contributed by atoms with Gasteiger partial charge in [0.2, 0.25) is 5.91 Å². The molecule has 0 fully saturated rings. The molecule has 2 rings (SSSR count). The number of nitro benzene ring substituents is 1. The van der Waals surface area contributed by atoms with Gasteiger partial charge >= 0.3 is 0 Å². The number of anilines is 1. The van der Waals surface area contributed by atoms with E-state index in [0.29, 0.717) is 12.1 Å². The van der Waals surface area contributed by atoms with Crippen molar-refractivity contribution in [3.8, 4) is 0 Å². The summed E-state index contributed by atoms with van der Waals surface area (Å²) in [4.78, 5) is 25.2. The quantitative estimate of drug-likeness (QED) is 0.572. The van der Waals surface area contributed by atoms with E-state index in [4.69, 9.17) is 0 Å². The van der Waals surface area contributed by atoms with E-state index in [2.05, 4.69) is 5.32 Å². The summed E-state index contributed by atoms with van der Waals surface area (Å²) in [5.74, 6) is -0.0872. The number of aryl methyl sites for hydroxylation is 1. The maximum Gasteiger partial charge on any atom is 0.272 e. The van der Waals surface area contributed by atoms with Gasteiger partial charge < -0.3 is 5.32 Å². The fraction of sp³-hybridized carbons (Fsp3) is 0.350. The molecule has 1 N–H and O–H groups in total. The summed E-state index contributed by atoms with van der Waals surface area (Å²) in [5, 5.41) is 14.1. The van der Waals surface area contributed by atoms with Gasteiger partial charge in [0.25, 0.3) is 5.69 Å². The zero-order valence-electron chi connectivity index (χ0n) is 15.5. The zero-order chi connectivity index (χ0) is 19.1. The number of hydrogen-bond acceptors (Lipinski definition) is 4. The first-order valence-electron chi connectivity index (χ1n) is 8.73. The van der Waals surface area contributed by atoms with Crippen LogP contribution in [0, 0.1) is 24.0 Å². The average molecular weight is 355 g/mol. The van der Waals surface area contributed by atoms with Gasteiger partial charge in [0.15, 0.2) is 0 Å². The Hall–Kier alpha value is -2.73. The van der Waals surface area contributed by atoms with Crippen molar-refractivity contribution in [2.24, 2.45) is 0 Å². The van der Waals surface area contributed by atoms with Gasteiger partial charge in [-0.2, -0.15) is 0 Å². The van der Waals surface area contributed by atoms with Crippen molar-refractivity contribution in [1.82, 2.24) is 4.90 Å². The molecule has 6 heteroatoms. The molecule has 0 heterocycles. The van der Waals surface area contributed by atoms with Crippen LogP contribution in [0.15, 0.2) is 42.5 Å². The molecular weight excluding hydrogens is 330 g/mol. The Bertz CT molecular complexity index is 790. The van der Waals surface area contributed by atoms with Gasteiger partial charge in [-0.25, -0.2) is 0 Å². The highest BCUT2D eigenvalue weighted by Gasteiger charge is 2.17. The van der Waals surface area contributed by atoms with Crippen molar-refractivity contribution in [3.05, 3.63) is 69.3 Å². The highest BCUT2D eigenvalue weighted by Crippen LogP contribution is 2.22. The number of amides is 1. The smallest absolute Gasteiger partial charge is 0.272 e. The minimum atomic E-state index is -0.367. The van der Waals surface area contributed by atoms with E-state index >= 15 is 0 Å². The van der Waals surface area contributed by atoms with Crippen molar-refractivity contribution >= 4 is 17.3 Å². The van der Waals surface area contributed by atoms with Crippen LogP contribution in [0.2, 0.25) is 0 Å². The molecule has 0 unspecified atom stereocenters. The molecule has 26 heavy (non-hydrogen) atoms. The molecule has 2 aromatic rings. The van der Waals surface area contributed by atoms with Crippen molar-refractivity contribution in [2.75, 3.05) is 18.4 Å². The summed E-state index contributed by atoms with van der Waals surface area (Å²) >= 11 is 0. The second kappa shape index (κ2) is 9.10. The maximum atomic E-state index is 12.4. The van der Waals surface area contributed by atoms with Crippen LogP contribution in [-0.2, 0) is 11.3 Å². The van der Waals surface area contributed by atoms with Crippen molar-refractivity contribution in [1.29, 1.82) is 0 Å². The Labute approximate surface area is 154 Å². The first kappa shape index (κ1) is 19.6. The highest BCUT2D eigenvalue weighted by molar-refractivity contribution is 5.92. The first-order chi connectivity index (χ1) is 12.4. The van der Waals surface area contributed by atoms with Crippen molar-refractivity contribution in [3.63, 3.8) is 0 Å². The predicted octanol–water partition coefficient (Wildman–Crippen LogP) is 4.06. The normalized spacial score (nSPS) is 10.8. The number of hydrogen-bond donors (Lipinski definition) is 1. The molecule has 0 saturated heterocycles. The third-order valence-electron chi connectivity index (χ3n) is 4.33. The Morgan fingerprint density at radius 2 is 1.88 bits per heavy atom. The third-order valence-corrected chi connectivity index (χ3v) is 4.33. The molecule has 138 valence electrons. The predicted molar refractivity (Wildman–Crippen MR) is 103 cm³/mol. The lowest BCUT2D eigenvalue weighted by molar-refractivity contribution is -0.385. The molecule has 0 atom stereocenters. The molecule has 0 aromatic heterocycles. The number of carbonyl (C=O) groups excluding carboxylic acids is 1. The molecule has 6 nitrogen and oxygen atoms in total. The summed E-state index contributed by atoms with van der Waals surface area (Å²) in [6, 6.07) is 12.7. The Morgan fingerprint density at radius 1 is 1.15 bits per heavy atom. The van der Waals surface area contributed by atoms with Gasteiger partial charge in [-0.3, -0.25) is 19.8 Å². The second-order valence-corrected chi connectivity index (χ2v) is 6.39. The fourth-order valence-corrected chi connectivity index (χ4v) is 2.92. The first-order valence-corrected chi connectivity index (χ1v) is 8.73. The summed E-state index contributed by atoms with van der Waals surface area (Å²) < 4.78 is 0. The van der Waals surface area contributed by atoms with E-state index in [1.807, 2.05) is 49.1 Å². The van der Waals surface area contributed by atoms with Crippen molar-refractivity contribution < 1.29 is 9.72 Å². The molecule has 0 aliphatic heterocycles. The number of rotatable bonds is 8. The van der Waals surface area contributed by atoms with Crippen molar-refractivity contribution in [2.45, 2.75) is 33.7 Å². The van der Waals surface area contributed by atoms with E-state index < -0.39 is 0 Å². The largest absolute Gasteiger partial charge is 0.325 e. The molecular formula is C20H25N3O3. The zero-order valence-corrected chi connectivity index (χ0v) is 15.5. The van der Waals surface area contributed by atoms with Gasteiger partial charge in [-0.1, -0.05) is 37.3 Å². The summed E-state index contributed by atoms with van der Waals surface area (Å²) in [6.45, 7) is 7.24. The number of carbonyl (C=O) groups is 1. The van der Waals surface area contributed by atoms with Crippen LogP contribution in [0.3, 0.4) is 0 Å². The van der Waals surface area contributed by atoms with E-state index in [-0.39, 0.29) is 23.1 Å². The lowest BCUT2D eigenvalue weighted by Gasteiger charge is -2.22. The number of benzene rings is 2. The van der Waals surface area contributed by atoms with Gasteiger partial charge in [-0.15, -0.1) is 0 Å². The number of para-hydroxylation sites is 1. The topological polar surface area (TPSA) is 75.5 Å². The highest BCUT2D eigenvalue weighted by atomic mass is 16.6. The SMILES string of the molecule is CCCN(CC(=O)Nc1ccccc1C)Cc1cccc([N+](=O)[O-])c1C. The monoisotopic (exact) mass is 355 g/mol. The molecule has 2 aromatic carbocycles. The van der Waals surface area contributed by atoms with E-state index in [1.165, 1.54) is 6.07 Å². The second-order valence-electron chi connectivity index (χ2n) is 6.39. The van der Waals surface area contributed by atoms with E-state index in [1.54, 1.807) is 13.0 Å². The molecule has 0 radical (unpaired) electrons. The van der Waals surface area contributed by atoms with Crippen LogP contribution in [0.4, 0.5) is 11.4 Å². The van der Waals surface area contributed by atoms with Gasteiger partial charge in [0, 0.05) is 23.9 Å². The average Bonchev–Trinajstić information content (AvgIpc) is 2.58. The summed E-state index contributed by atoms with van der Waals surface area (Å²) in [5.41, 5.74) is 3.45. The van der Waals surface area contributed by atoms with Crippen LogP contribution >= 0.6 is 0 Å². The van der Waals surface area contributed by atoms with Crippen LogP contribution in [0.1, 0.15) is 30.0 Å². The minimum Gasteiger partial charge on any atom is -0.325 e. The van der Waals surface area contributed by atoms with Crippen LogP contribution in [0.5, 0.6) is 0 Å².